The van der Waals surface area contributed by atoms with E-state index < -0.39 is 18.1 Å². The van der Waals surface area contributed by atoms with Gasteiger partial charge in [-0.2, -0.15) is 0 Å². The number of carboxylic acid groups (broad SMARTS) is 1. The average molecular weight is 231 g/mol. The number of nitrogens with zero attached hydrogens (tertiary/aromatic N) is 1. The number of aromatic nitrogens is 1. The molecule has 1 aromatic rings. The van der Waals surface area contributed by atoms with Gasteiger partial charge in [0.25, 0.3) is 6.43 Å². The first-order valence-corrected chi connectivity index (χ1v) is 4.50. The van der Waals surface area contributed by atoms with Crippen LogP contribution in [0.2, 0.25) is 0 Å². The van der Waals surface area contributed by atoms with Gasteiger partial charge in [-0.05, 0) is 6.92 Å². The molecule has 1 rings (SSSR count). The first kappa shape index (κ1) is 12.4. The lowest BCUT2D eigenvalue weighted by Gasteiger charge is -2.11. The van der Waals surface area contributed by atoms with Gasteiger partial charge in [-0.25, -0.2) is 8.78 Å². The van der Waals surface area contributed by atoms with Gasteiger partial charge in [0.15, 0.2) is 0 Å². The predicted molar refractivity (Wildman–Crippen MR) is 51.8 cm³/mol. The zero-order valence-electron chi connectivity index (χ0n) is 8.83. The summed E-state index contributed by atoms with van der Waals surface area (Å²) in [4.78, 5) is 14.2. The molecule has 0 saturated carbocycles. The van der Waals surface area contributed by atoms with Crippen LogP contribution < -0.4 is 4.74 Å². The van der Waals surface area contributed by atoms with Crippen LogP contribution in [-0.4, -0.2) is 23.2 Å². The lowest BCUT2D eigenvalue weighted by molar-refractivity contribution is -0.136. The van der Waals surface area contributed by atoms with Crippen molar-refractivity contribution < 1.29 is 23.4 Å². The molecule has 6 heteroatoms. The van der Waals surface area contributed by atoms with Gasteiger partial charge >= 0.3 is 5.97 Å². The van der Waals surface area contributed by atoms with E-state index >= 15 is 0 Å². The fourth-order valence-electron chi connectivity index (χ4n) is 1.35. The van der Waals surface area contributed by atoms with Crippen molar-refractivity contribution in [3.8, 4) is 5.75 Å². The predicted octanol–water partition coefficient (Wildman–Crippen LogP) is 1.96. The Hall–Kier alpha value is -1.72. The molecule has 88 valence electrons. The number of rotatable bonds is 4. The van der Waals surface area contributed by atoms with E-state index in [1.54, 1.807) is 0 Å². The van der Waals surface area contributed by atoms with Gasteiger partial charge in [0.2, 0.25) is 0 Å². The molecule has 1 aromatic heterocycles. The Labute approximate surface area is 90.9 Å². The number of methoxy groups -OCH3 is 1. The standard InChI is InChI=1S/C10H11F2NO3/c1-5-6(3-9(14)15)8(16-2)4-7(13-5)10(11)12/h4,10H,3H2,1-2H3,(H,14,15). The molecule has 0 aromatic carbocycles. The van der Waals surface area contributed by atoms with Crippen molar-refractivity contribution in [3.05, 3.63) is 23.0 Å². The molecule has 0 atom stereocenters. The highest BCUT2D eigenvalue weighted by Crippen LogP contribution is 2.27. The molecule has 1 N–H and O–H groups in total. The molecule has 0 saturated heterocycles. The molecule has 0 aliphatic rings. The third-order valence-corrected chi connectivity index (χ3v) is 2.08. The number of ether oxygens (including phenoxy) is 1. The summed E-state index contributed by atoms with van der Waals surface area (Å²) < 4.78 is 29.7. The number of carbonyl (C=O) groups is 1. The quantitative estimate of drug-likeness (QED) is 0.860. The number of alkyl halides is 2. The van der Waals surface area contributed by atoms with Gasteiger partial charge in [-0.15, -0.1) is 0 Å². The lowest BCUT2D eigenvalue weighted by Crippen LogP contribution is -2.07. The van der Waals surface area contributed by atoms with Gasteiger partial charge in [0.05, 0.1) is 13.5 Å². The Morgan fingerprint density at radius 3 is 2.69 bits per heavy atom. The van der Waals surface area contributed by atoms with E-state index in [4.69, 9.17) is 9.84 Å². The van der Waals surface area contributed by atoms with Crippen molar-refractivity contribution in [3.63, 3.8) is 0 Å². The number of aliphatic carboxylic acids is 1. The van der Waals surface area contributed by atoms with Crippen LogP contribution in [0, 0.1) is 6.92 Å². The topological polar surface area (TPSA) is 59.4 Å². The Morgan fingerprint density at radius 2 is 2.25 bits per heavy atom. The smallest absolute Gasteiger partial charge is 0.308 e. The number of carboxylic acids is 1. The Bertz CT molecular complexity index is 407. The van der Waals surface area contributed by atoms with Crippen molar-refractivity contribution >= 4 is 5.97 Å². The van der Waals surface area contributed by atoms with Crippen LogP contribution in [0.15, 0.2) is 6.07 Å². The Kier molecular flexibility index (Phi) is 3.76. The van der Waals surface area contributed by atoms with Gasteiger partial charge in [0.1, 0.15) is 11.4 Å². The van der Waals surface area contributed by atoms with Crippen LogP contribution in [0.4, 0.5) is 8.78 Å². The van der Waals surface area contributed by atoms with E-state index in [2.05, 4.69) is 4.98 Å². The van der Waals surface area contributed by atoms with Gasteiger partial charge in [-0.3, -0.25) is 9.78 Å². The Balaban J connectivity index is 3.22. The molecule has 0 radical (unpaired) electrons. The van der Waals surface area contributed by atoms with Gasteiger partial charge < -0.3 is 9.84 Å². The molecule has 0 fully saturated rings. The molecule has 0 spiro atoms. The van der Waals surface area contributed by atoms with Crippen molar-refractivity contribution in [2.45, 2.75) is 19.8 Å². The fourth-order valence-corrected chi connectivity index (χ4v) is 1.35. The molecule has 1 heterocycles. The van der Waals surface area contributed by atoms with Crippen LogP contribution >= 0.6 is 0 Å². The van der Waals surface area contributed by atoms with Crippen LogP contribution in [0.3, 0.4) is 0 Å². The minimum absolute atomic E-state index is 0.130. The number of halogens is 2. The molecule has 0 unspecified atom stereocenters. The maximum atomic E-state index is 12.4. The number of aryl methyl sites for hydroxylation is 1. The highest BCUT2D eigenvalue weighted by molar-refractivity contribution is 5.71. The molecular weight excluding hydrogens is 220 g/mol. The largest absolute Gasteiger partial charge is 0.496 e. The van der Waals surface area contributed by atoms with Crippen molar-refractivity contribution in [2.75, 3.05) is 7.11 Å². The molecule has 16 heavy (non-hydrogen) atoms. The second-order valence-corrected chi connectivity index (χ2v) is 3.18. The van der Waals surface area contributed by atoms with Crippen LogP contribution in [0.5, 0.6) is 5.75 Å². The van der Waals surface area contributed by atoms with Crippen molar-refractivity contribution in [1.29, 1.82) is 0 Å². The summed E-state index contributed by atoms with van der Waals surface area (Å²) >= 11 is 0. The third kappa shape index (κ3) is 2.65. The van der Waals surface area contributed by atoms with Crippen LogP contribution in [0.1, 0.15) is 23.4 Å². The molecule has 4 nitrogen and oxygen atoms in total. The zero-order valence-corrected chi connectivity index (χ0v) is 8.83. The molecule has 0 aliphatic heterocycles. The SMILES string of the molecule is COc1cc(C(F)F)nc(C)c1CC(=O)O. The summed E-state index contributed by atoms with van der Waals surface area (Å²) in [5.74, 6) is -0.932. The van der Waals surface area contributed by atoms with E-state index in [0.29, 0.717) is 5.56 Å². The first-order chi connectivity index (χ1) is 7.45. The van der Waals surface area contributed by atoms with Crippen molar-refractivity contribution in [1.82, 2.24) is 4.98 Å². The van der Waals surface area contributed by atoms with E-state index in [0.717, 1.165) is 6.07 Å². The highest BCUT2D eigenvalue weighted by Gasteiger charge is 2.17. The number of hydrogen-bond acceptors (Lipinski definition) is 3. The summed E-state index contributed by atoms with van der Waals surface area (Å²) in [5.41, 5.74) is 0.153. The first-order valence-electron chi connectivity index (χ1n) is 4.50. The van der Waals surface area contributed by atoms with E-state index in [1.165, 1.54) is 14.0 Å². The number of hydrogen-bond donors (Lipinski definition) is 1. The normalized spacial score (nSPS) is 10.6. The summed E-state index contributed by atoms with van der Waals surface area (Å²) in [6, 6.07) is 1.07. The summed E-state index contributed by atoms with van der Waals surface area (Å²) in [6.45, 7) is 1.48. The minimum Gasteiger partial charge on any atom is -0.496 e. The molecule has 0 aliphatic carbocycles. The summed E-state index contributed by atoms with van der Waals surface area (Å²) in [5, 5.41) is 8.66. The third-order valence-electron chi connectivity index (χ3n) is 2.08. The zero-order chi connectivity index (χ0) is 12.3. The fraction of sp³-hybridized carbons (Fsp3) is 0.400. The lowest BCUT2D eigenvalue weighted by atomic mass is 10.1. The van der Waals surface area contributed by atoms with E-state index in [-0.39, 0.29) is 17.9 Å². The average Bonchev–Trinajstić information content (AvgIpc) is 2.19. The second kappa shape index (κ2) is 4.87. The summed E-state index contributed by atoms with van der Waals surface area (Å²) in [7, 11) is 1.30. The van der Waals surface area contributed by atoms with Gasteiger partial charge in [0, 0.05) is 17.3 Å². The number of pyridine rings is 1. The van der Waals surface area contributed by atoms with E-state index in [9.17, 15) is 13.6 Å². The molecule has 0 bridgehead atoms. The molecule has 0 amide bonds. The van der Waals surface area contributed by atoms with Crippen LogP contribution in [-0.2, 0) is 11.2 Å². The van der Waals surface area contributed by atoms with Crippen LogP contribution in [0.25, 0.3) is 0 Å². The second-order valence-electron chi connectivity index (χ2n) is 3.18. The van der Waals surface area contributed by atoms with Crippen molar-refractivity contribution in [2.24, 2.45) is 0 Å². The minimum atomic E-state index is -2.70. The summed E-state index contributed by atoms with van der Waals surface area (Å²) in [6.07, 6.45) is -3.00. The van der Waals surface area contributed by atoms with E-state index in [1.807, 2.05) is 0 Å². The molecular formula is C10H11F2NO3. The Morgan fingerprint density at radius 1 is 1.62 bits per heavy atom. The highest BCUT2D eigenvalue weighted by atomic mass is 19.3. The maximum Gasteiger partial charge on any atom is 0.308 e. The van der Waals surface area contributed by atoms with Gasteiger partial charge in [-0.1, -0.05) is 0 Å². The maximum absolute atomic E-state index is 12.4. The monoisotopic (exact) mass is 231 g/mol.